The van der Waals surface area contributed by atoms with Crippen molar-refractivity contribution in [2.24, 2.45) is 0 Å². The van der Waals surface area contributed by atoms with E-state index in [0.717, 1.165) is 65.4 Å². The molecule has 3 rings (SSSR count). The lowest BCUT2D eigenvalue weighted by atomic mass is 10.1. The number of hydrazine groups is 2. The van der Waals surface area contributed by atoms with Gasteiger partial charge < -0.3 is 15.0 Å². The molecule has 0 aromatic heterocycles. The number of nitrogens with zero attached hydrogens (tertiary/aromatic N) is 4. The summed E-state index contributed by atoms with van der Waals surface area (Å²) in [5, 5.41) is 6.10. The highest BCUT2D eigenvalue weighted by Gasteiger charge is 2.22. The molecule has 194 valence electrons. The van der Waals surface area contributed by atoms with Crippen molar-refractivity contribution in [2.45, 2.75) is 70.9 Å². The summed E-state index contributed by atoms with van der Waals surface area (Å²) in [4.78, 5) is 7.83. The maximum atomic E-state index is 5.48. The second kappa shape index (κ2) is 17.2. The molecule has 8 heteroatoms. The average Bonchev–Trinajstić information content (AvgIpc) is 3.40. The van der Waals surface area contributed by atoms with Crippen LogP contribution >= 0.6 is 0 Å². The van der Waals surface area contributed by atoms with E-state index in [1.54, 1.807) is 0 Å². The number of piperidine rings is 1. The molecule has 3 heterocycles. The van der Waals surface area contributed by atoms with Gasteiger partial charge in [-0.1, -0.05) is 13.3 Å². The van der Waals surface area contributed by atoms with E-state index in [2.05, 4.69) is 42.9 Å². The molecule has 0 aliphatic carbocycles. The highest BCUT2D eigenvalue weighted by Crippen LogP contribution is 2.13. The summed E-state index contributed by atoms with van der Waals surface area (Å²) >= 11 is 0. The normalized spacial score (nSPS) is 22.4. The topological polar surface area (TPSA) is 58.3 Å². The van der Waals surface area contributed by atoms with Crippen molar-refractivity contribution in [3.63, 3.8) is 0 Å². The van der Waals surface area contributed by atoms with Crippen LogP contribution in [0.25, 0.3) is 0 Å². The molecule has 3 N–H and O–H groups in total. The van der Waals surface area contributed by atoms with Gasteiger partial charge in [0.05, 0.1) is 19.4 Å². The maximum Gasteiger partial charge on any atom is 0.0610 e. The fraction of sp³-hybridized carbons (Fsp3) is 1.00. The van der Waals surface area contributed by atoms with E-state index in [1.165, 1.54) is 84.1 Å². The summed E-state index contributed by atoms with van der Waals surface area (Å²) in [6.45, 7) is 17.9. The summed E-state index contributed by atoms with van der Waals surface area (Å²) in [5.74, 6) is 0. The van der Waals surface area contributed by atoms with Crippen LogP contribution in [-0.4, -0.2) is 118 Å². The number of rotatable bonds is 17. The van der Waals surface area contributed by atoms with E-state index < -0.39 is 0 Å². The quantitative estimate of drug-likeness (QED) is 0.221. The summed E-state index contributed by atoms with van der Waals surface area (Å²) in [5.41, 5.74) is 7.42. The molecule has 0 amide bonds. The van der Waals surface area contributed by atoms with Crippen LogP contribution < -0.4 is 16.2 Å². The first-order valence-corrected chi connectivity index (χ1v) is 14.1. The van der Waals surface area contributed by atoms with Gasteiger partial charge in [-0.3, -0.25) is 9.80 Å². The van der Waals surface area contributed by atoms with Gasteiger partial charge in [-0.2, -0.15) is 5.12 Å². The molecule has 3 fully saturated rings. The molecule has 0 aromatic carbocycles. The predicted molar refractivity (Wildman–Crippen MR) is 137 cm³/mol. The van der Waals surface area contributed by atoms with Gasteiger partial charge in [0.25, 0.3) is 0 Å². The van der Waals surface area contributed by atoms with Gasteiger partial charge in [-0.05, 0) is 97.2 Å². The van der Waals surface area contributed by atoms with E-state index in [1.807, 2.05) is 0 Å². The first-order chi connectivity index (χ1) is 16.3. The first kappa shape index (κ1) is 27.3. The predicted octanol–water partition coefficient (Wildman–Crippen LogP) is 1.71. The molecule has 3 aliphatic rings. The second-order valence-corrected chi connectivity index (χ2v) is 10.0. The molecule has 3 aliphatic heterocycles. The molecule has 0 spiro atoms. The monoisotopic (exact) mass is 467 g/mol. The van der Waals surface area contributed by atoms with Gasteiger partial charge in [0.1, 0.15) is 0 Å². The van der Waals surface area contributed by atoms with Crippen LogP contribution in [0.5, 0.6) is 0 Å². The Balaban J connectivity index is 1.38. The minimum atomic E-state index is 0.500. The molecule has 33 heavy (non-hydrogen) atoms. The van der Waals surface area contributed by atoms with Gasteiger partial charge in [0.2, 0.25) is 0 Å². The van der Waals surface area contributed by atoms with Crippen molar-refractivity contribution < 1.29 is 4.74 Å². The average molecular weight is 468 g/mol. The Hall–Kier alpha value is -0.320. The highest BCUT2D eigenvalue weighted by molar-refractivity contribution is 4.75. The van der Waals surface area contributed by atoms with E-state index in [4.69, 9.17) is 4.74 Å². The summed E-state index contributed by atoms with van der Waals surface area (Å²) in [6.07, 6.45) is 12.1. The van der Waals surface area contributed by atoms with Gasteiger partial charge in [-0.25, -0.2) is 10.9 Å². The second-order valence-electron chi connectivity index (χ2n) is 10.0. The Kier molecular flexibility index (Phi) is 14.2. The Labute approximate surface area is 203 Å². The van der Waals surface area contributed by atoms with Crippen LogP contribution in [0, 0.1) is 0 Å². The standard InChI is InChI=1S/C25H53N7O/c1-2-11-26-25(31-18-6-7-19-31)10-20-32(27-12-8-16-29-14-4-3-5-15-29)28-13-9-17-30-21-23-33-24-22-30/h25-28H,2-24H2,1H3. The molecular formula is C25H53N7O. The molecule has 1 atom stereocenters. The maximum absolute atomic E-state index is 5.48. The number of nitrogens with one attached hydrogen (secondary N) is 3. The Morgan fingerprint density at radius 1 is 0.758 bits per heavy atom. The third kappa shape index (κ3) is 11.3. The zero-order chi connectivity index (χ0) is 23.0. The number of morpholine rings is 1. The third-order valence-electron chi connectivity index (χ3n) is 7.30. The van der Waals surface area contributed by atoms with Crippen molar-refractivity contribution in [1.82, 2.24) is 36.0 Å². The minimum absolute atomic E-state index is 0.500. The van der Waals surface area contributed by atoms with Crippen LogP contribution in [0.15, 0.2) is 0 Å². The van der Waals surface area contributed by atoms with Gasteiger partial charge >= 0.3 is 0 Å². The molecule has 8 nitrogen and oxygen atoms in total. The van der Waals surface area contributed by atoms with Crippen LogP contribution in [0.1, 0.15) is 64.7 Å². The molecule has 1 unspecified atom stereocenters. The van der Waals surface area contributed by atoms with Crippen LogP contribution in [0.2, 0.25) is 0 Å². The minimum Gasteiger partial charge on any atom is -0.379 e. The zero-order valence-corrected chi connectivity index (χ0v) is 21.5. The smallest absolute Gasteiger partial charge is 0.0610 e. The number of hydrogen-bond donors (Lipinski definition) is 3. The zero-order valence-electron chi connectivity index (χ0n) is 21.5. The van der Waals surface area contributed by atoms with Gasteiger partial charge in [0.15, 0.2) is 0 Å². The molecule has 0 radical (unpaired) electrons. The number of likely N-dealkylation sites (tertiary alicyclic amines) is 2. The van der Waals surface area contributed by atoms with E-state index in [-0.39, 0.29) is 0 Å². The fourth-order valence-electron chi connectivity index (χ4n) is 5.28. The van der Waals surface area contributed by atoms with Crippen LogP contribution in [0.4, 0.5) is 0 Å². The lowest BCUT2D eigenvalue weighted by molar-refractivity contribution is 0.0351. The van der Waals surface area contributed by atoms with Crippen molar-refractivity contribution in [3.8, 4) is 0 Å². The van der Waals surface area contributed by atoms with Crippen molar-refractivity contribution in [2.75, 3.05) is 91.8 Å². The van der Waals surface area contributed by atoms with E-state index >= 15 is 0 Å². The summed E-state index contributed by atoms with van der Waals surface area (Å²) < 4.78 is 5.48. The summed E-state index contributed by atoms with van der Waals surface area (Å²) in [7, 11) is 0. The lowest BCUT2D eigenvalue weighted by Gasteiger charge is -2.32. The van der Waals surface area contributed by atoms with Crippen LogP contribution in [-0.2, 0) is 4.74 Å². The van der Waals surface area contributed by atoms with Crippen molar-refractivity contribution in [1.29, 1.82) is 0 Å². The van der Waals surface area contributed by atoms with E-state index in [0.29, 0.717) is 6.17 Å². The van der Waals surface area contributed by atoms with Crippen LogP contribution in [0.3, 0.4) is 0 Å². The number of hydrogen-bond acceptors (Lipinski definition) is 8. The Bertz CT molecular complexity index is 440. The Morgan fingerprint density at radius 3 is 2.00 bits per heavy atom. The van der Waals surface area contributed by atoms with Crippen molar-refractivity contribution >= 4 is 0 Å². The first-order valence-electron chi connectivity index (χ1n) is 14.1. The Morgan fingerprint density at radius 2 is 1.36 bits per heavy atom. The molecule has 0 saturated carbocycles. The van der Waals surface area contributed by atoms with Gasteiger partial charge in [-0.15, -0.1) is 0 Å². The SMILES string of the molecule is CCCNC(CCN(NCCCN1CCCCC1)NCCCN1CCOCC1)N1CCCC1. The molecular weight excluding hydrogens is 414 g/mol. The van der Waals surface area contributed by atoms with E-state index in [9.17, 15) is 0 Å². The fourth-order valence-corrected chi connectivity index (χ4v) is 5.28. The largest absolute Gasteiger partial charge is 0.379 e. The molecule has 3 saturated heterocycles. The van der Waals surface area contributed by atoms with Crippen molar-refractivity contribution in [3.05, 3.63) is 0 Å². The summed E-state index contributed by atoms with van der Waals surface area (Å²) in [6, 6.07) is 0. The lowest BCUT2D eigenvalue weighted by Crippen LogP contribution is -2.53. The number of ether oxygens (including phenoxy) is 1. The third-order valence-corrected chi connectivity index (χ3v) is 7.30. The molecule has 0 aromatic rings. The van der Waals surface area contributed by atoms with Gasteiger partial charge in [0, 0.05) is 32.7 Å². The highest BCUT2D eigenvalue weighted by atomic mass is 16.5. The molecule has 0 bridgehead atoms.